The van der Waals surface area contributed by atoms with Gasteiger partial charge in [0.15, 0.2) is 11.5 Å². The Labute approximate surface area is 95.9 Å². The Kier molecular flexibility index (Phi) is 2.80. The van der Waals surface area contributed by atoms with E-state index < -0.39 is 0 Å². The molecule has 1 aromatic rings. The molecule has 16 heavy (non-hydrogen) atoms. The summed E-state index contributed by atoms with van der Waals surface area (Å²) in [6.45, 7) is 2.41. The van der Waals surface area contributed by atoms with Crippen LogP contribution in [0.1, 0.15) is 36.8 Å². The van der Waals surface area contributed by atoms with E-state index in [1.54, 1.807) is 13.0 Å². The van der Waals surface area contributed by atoms with Gasteiger partial charge in [0, 0.05) is 12.0 Å². The second-order valence-corrected chi connectivity index (χ2v) is 4.85. The number of hydrogen-bond acceptors (Lipinski definition) is 3. The van der Waals surface area contributed by atoms with Gasteiger partial charge in [-0.15, -0.1) is 0 Å². The molecule has 0 atom stereocenters. The van der Waals surface area contributed by atoms with Crippen molar-refractivity contribution in [3.63, 3.8) is 0 Å². The Morgan fingerprint density at radius 1 is 1.25 bits per heavy atom. The van der Waals surface area contributed by atoms with E-state index in [0.29, 0.717) is 6.54 Å². The Bertz CT molecular complexity index is 372. The first-order chi connectivity index (χ1) is 7.59. The predicted octanol–water partition coefficient (Wildman–Crippen LogP) is 2.18. The monoisotopic (exact) mass is 221 g/mol. The second kappa shape index (κ2) is 3.98. The first kappa shape index (κ1) is 11.3. The van der Waals surface area contributed by atoms with Crippen LogP contribution in [0.2, 0.25) is 0 Å². The van der Waals surface area contributed by atoms with Crippen LogP contribution in [0.3, 0.4) is 0 Å². The number of nitrogens with two attached hydrogens (primary N) is 1. The van der Waals surface area contributed by atoms with Crippen molar-refractivity contribution in [1.29, 1.82) is 0 Å². The molecule has 0 amide bonds. The zero-order valence-electron chi connectivity index (χ0n) is 9.66. The zero-order valence-corrected chi connectivity index (χ0v) is 9.66. The predicted molar refractivity (Wildman–Crippen MR) is 63.7 cm³/mol. The van der Waals surface area contributed by atoms with Gasteiger partial charge in [0.25, 0.3) is 0 Å². The van der Waals surface area contributed by atoms with Gasteiger partial charge in [-0.05, 0) is 37.0 Å². The molecular weight excluding hydrogens is 202 g/mol. The highest BCUT2D eigenvalue weighted by molar-refractivity contribution is 5.49. The van der Waals surface area contributed by atoms with Crippen molar-refractivity contribution in [2.45, 2.75) is 38.0 Å². The topological polar surface area (TPSA) is 66.5 Å². The average molecular weight is 221 g/mol. The third-order valence-electron chi connectivity index (χ3n) is 3.84. The van der Waals surface area contributed by atoms with Crippen molar-refractivity contribution in [2.75, 3.05) is 6.54 Å². The molecule has 0 radical (unpaired) electrons. The Balaban J connectivity index is 2.47. The summed E-state index contributed by atoms with van der Waals surface area (Å²) in [4.78, 5) is 0. The highest BCUT2D eigenvalue weighted by Gasteiger charge is 2.34. The van der Waals surface area contributed by atoms with Gasteiger partial charge in [-0.25, -0.2) is 0 Å². The molecule has 0 spiro atoms. The summed E-state index contributed by atoms with van der Waals surface area (Å²) in [5.74, 6) is -0.0522. The second-order valence-electron chi connectivity index (χ2n) is 4.85. The summed E-state index contributed by atoms with van der Waals surface area (Å²) < 4.78 is 0. The van der Waals surface area contributed by atoms with Crippen LogP contribution in [0, 0.1) is 6.92 Å². The van der Waals surface area contributed by atoms with Crippen molar-refractivity contribution in [3.8, 4) is 11.5 Å². The molecule has 4 N–H and O–H groups in total. The molecule has 3 heteroatoms. The average Bonchev–Trinajstić information content (AvgIpc) is 2.75. The van der Waals surface area contributed by atoms with E-state index in [0.717, 1.165) is 24.0 Å². The molecule has 1 aliphatic rings. The zero-order chi connectivity index (χ0) is 11.8. The van der Waals surface area contributed by atoms with Crippen LogP contribution in [0.4, 0.5) is 0 Å². The largest absolute Gasteiger partial charge is 0.504 e. The van der Waals surface area contributed by atoms with Gasteiger partial charge in [0.2, 0.25) is 0 Å². The van der Waals surface area contributed by atoms with Gasteiger partial charge >= 0.3 is 0 Å². The van der Waals surface area contributed by atoms with Crippen LogP contribution in [0.15, 0.2) is 12.1 Å². The molecule has 0 unspecified atom stereocenters. The molecule has 3 nitrogen and oxygen atoms in total. The lowest BCUT2D eigenvalue weighted by atomic mass is 9.78. The first-order valence-corrected chi connectivity index (χ1v) is 5.82. The normalized spacial score (nSPS) is 18.9. The smallest absolute Gasteiger partial charge is 0.160 e. The van der Waals surface area contributed by atoms with Gasteiger partial charge in [-0.3, -0.25) is 0 Å². The van der Waals surface area contributed by atoms with Gasteiger partial charge in [-0.1, -0.05) is 18.9 Å². The molecule has 2 rings (SSSR count). The van der Waals surface area contributed by atoms with E-state index in [1.165, 1.54) is 12.8 Å². The summed E-state index contributed by atoms with van der Waals surface area (Å²) in [5.41, 5.74) is 7.69. The maximum atomic E-state index is 9.66. The van der Waals surface area contributed by atoms with Crippen molar-refractivity contribution >= 4 is 0 Å². The SMILES string of the molecule is Cc1cc(C2(CN)CCCC2)cc(O)c1O. The van der Waals surface area contributed by atoms with Gasteiger partial charge in [0.1, 0.15) is 0 Å². The molecule has 0 saturated heterocycles. The van der Waals surface area contributed by atoms with E-state index >= 15 is 0 Å². The molecular formula is C13H19NO2. The molecule has 0 bridgehead atoms. The lowest BCUT2D eigenvalue weighted by molar-refractivity contribution is 0.394. The number of phenolic OH excluding ortho intramolecular Hbond substituents is 2. The number of rotatable bonds is 2. The maximum Gasteiger partial charge on any atom is 0.160 e. The Morgan fingerprint density at radius 2 is 1.88 bits per heavy atom. The molecule has 1 aliphatic carbocycles. The first-order valence-electron chi connectivity index (χ1n) is 5.82. The van der Waals surface area contributed by atoms with E-state index in [2.05, 4.69) is 0 Å². The molecule has 1 saturated carbocycles. The molecule has 88 valence electrons. The third-order valence-corrected chi connectivity index (χ3v) is 3.84. The Hall–Kier alpha value is -1.22. The van der Waals surface area contributed by atoms with Crippen LogP contribution in [0.5, 0.6) is 11.5 Å². The lowest BCUT2D eigenvalue weighted by Gasteiger charge is -2.28. The van der Waals surface area contributed by atoms with Crippen LogP contribution >= 0.6 is 0 Å². The fraction of sp³-hybridized carbons (Fsp3) is 0.538. The van der Waals surface area contributed by atoms with Gasteiger partial charge in [-0.2, -0.15) is 0 Å². The number of aryl methyl sites for hydroxylation is 1. The molecule has 1 aromatic carbocycles. The standard InChI is InChI=1S/C13H19NO2/c1-9-6-10(7-11(15)12(9)16)13(8-14)4-2-3-5-13/h6-7,15-16H,2-5,8,14H2,1H3. The molecule has 1 fully saturated rings. The van der Waals surface area contributed by atoms with E-state index in [9.17, 15) is 10.2 Å². The number of phenols is 2. The summed E-state index contributed by atoms with van der Waals surface area (Å²) in [7, 11) is 0. The van der Waals surface area contributed by atoms with Gasteiger partial charge in [0.05, 0.1) is 0 Å². The minimum absolute atomic E-state index is 0.00986. The van der Waals surface area contributed by atoms with Crippen molar-refractivity contribution in [3.05, 3.63) is 23.3 Å². The van der Waals surface area contributed by atoms with Crippen molar-refractivity contribution < 1.29 is 10.2 Å². The summed E-state index contributed by atoms with van der Waals surface area (Å²) in [6.07, 6.45) is 4.54. The minimum atomic E-state index is -0.0327. The van der Waals surface area contributed by atoms with Crippen LogP contribution in [-0.4, -0.2) is 16.8 Å². The van der Waals surface area contributed by atoms with Crippen molar-refractivity contribution in [2.24, 2.45) is 5.73 Å². The van der Waals surface area contributed by atoms with Crippen LogP contribution in [-0.2, 0) is 5.41 Å². The maximum absolute atomic E-state index is 9.66. The van der Waals surface area contributed by atoms with Crippen LogP contribution in [0.25, 0.3) is 0 Å². The quantitative estimate of drug-likeness (QED) is 0.670. The Morgan fingerprint density at radius 3 is 2.38 bits per heavy atom. The fourth-order valence-corrected chi connectivity index (χ4v) is 2.73. The summed E-state index contributed by atoms with van der Waals surface area (Å²) >= 11 is 0. The van der Waals surface area contributed by atoms with E-state index in [1.807, 2.05) is 6.07 Å². The molecule has 0 aliphatic heterocycles. The third kappa shape index (κ3) is 1.65. The lowest BCUT2D eigenvalue weighted by Crippen LogP contribution is -2.32. The molecule has 0 heterocycles. The highest BCUT2D eigenvalue weighted by atomic mass is 16.3. The van der Waals surface area contributed by atoms with E-state index in [-0.39, 0.29) is 16.9 Å². The number of benzene rings is 1. The van der Waals surface area contributed by atoms with Gasteiger partial charge < -0.3 is 15.9 Å². The minimum Gasteiger partial charge on any atom is -0.504 e. The molecule has 0 aromatic heterocycles. The number of hydrogen-bond donors (Lipinski definition) is 3. The fourth-order valence-electron chi connectivity index (χ4n) is 2.73. The highest BCUT2D eigenvalue weighted by Crippen LogP contribution is 2.43. The van der Waals surface area contributed by atoms with E-state index in [4.69, 9.17) is 5.73 Å². The summed E-state index contributed by atoms with van der Waals surface area (Å²) in [6, 6.07) is 3.62. The van der Waals surface area contributed by atoms with Crippen molar-refractivity contribution in [1.82, 2.24) is 0 Å². The van der Waals surface area contributed by atoms with Crippen LogP contribution < -0.4 is 5.73 Å². The number of aromatic hydroxyl groups is 2. The summed E-state index contributed by atoms with van der Waals surface area (Å²) in [5, 5.41) is 19.2.